The molecule has 0 spiro atoms. The molecule has 0 saturated heterocycles. The average molecular weight is 821 g/mol. The van der Waals surface area contributed by atoms with E-state index in [2.05, 4.69) is 12.2 Å². The van der Waals surface area contributed by atoms with Crippen molar-refractivity contribution < 1.29 is 51.6 Å². The number of esters is 2. The molecule has 0 bridgehead atoms. The molecule has 3 atom stereocenters. The van der Waals surface area contributed by atoms with E-state index in [-0.39, 0.29) is 44.9 Å². The molecule has 2 aromatic rings. The number of benzene rings is 2. The summed E-state index contributed by atoms with van der Waals surface area (Å²) >= 11 is 0. The molecule has 1 N–H and O–H groups in total. The van der Waals surface area contributed by atoms with Gasteiger partial charge in [-0.05, 0) is 48.2 Å². The van der Waals surface area contributed by atoms with E-state index in [9.17, 15) is 23.8 Å². The number of amides is 1. The maximum absolute atomic E-state index is 12.9. The number of likely N-dealkylation sites (N-methyl/N-ethyl adjacent to an activating group) is 1. The van der Waals surface area contributed by atoms with Crippen LogP contribution in [-0.2, 0) is 37.5 Å². The number of nitrogens with zero attached hydrogens (tertiary/aromatic N) is 1. The standard InChI is InChI=1S/C44H73N2O10P/c1-7-8-9-10-11-12-13-14-15-16-17-18-19-20-21-23-42(47)53-34-41(35-55-57(50,51)54-31-30-46(3,4)5)56-43(48)24-22-29-45-44(49)36(2)37-25-26-39-33-40(52-6)28-27-38(39)32-37/h25-28,32-33,36,41H,7-24,29-31,34-35H2,1-6H3,(H-,45,49,50,51). The summed E-state index contributed by atoms with van der Waals surface area (Å²) < 4.78 is 39.1. The number of carbonyl (C=O) groups excluding carboxylic acids is 3. The fourth-order valence-corrected chi connectivity index (χ4v) is 7.01. The second kappa shape index (κ2) is 28.4. The number of quaternary nitrogens is 1. The molecule has 0 aliphatic heterocycles. The summed E-state index contributed by atoms with van der Waals surface area (Å²) in [5, 5.41) is 4.87. The number of carbonyl (C=O) groups is 3. The highest BCUT2D eigenvalue weighted by atomic mass is 31.2. The van der Waals surface area contributed by atoms with Crippen LogP contribution in [0.15, 0.2) is 36.4 Å². The van der Waals surface area contributed by atoms with Crippen molar-refractivity contribution in [2.45, 2.75) is 141 Å². The second-order valence-corrected chi connectivity index (χ2v) is 17.6. The van der Waals surface area contributed by atoms with Gasteiger partial charge in [-0.2, -0.15) is 0 Å². The minimum atomic E-state index is -4.70. The van der Waals surface area contributed by atoms with E-state index in [0.717, 1.165) is 41.3 Å². The molecule has 0 saturated carbocycles. The van der Waals surface area contributed by atoms with Crippen molar-refractivity contribution in [3.8, 4) is 5.75 Å². The van der Waals surface area contributed by atoms with Crippen molar-refractivity contribution in [2.75, 3.05) is 61.2 Å². The quantitative estimate of drug-likeness (QED) is 0.0321. The zero-order valence-corrected chi connectivity index (χ0v) is 36.8. The van der Waals surface area contributed by atoms with E-state index in [1.807, 2.05) is 64.5 Å². The Kier molecular flexibility index (Phi) is 25.0. The van der Waals surface area contributed by atoms with Crippen LogP contribution in [0, 0.1) is 0 Å². The van der Waals surface area contributed by atoms with E-state index in [0.29, 0.717) is 17.4 Å². The number of phosphoric acid groups is 1. The Morgan fingerprint density at radius 3 is 1.89 bits per heavy atom. The van der Waals surface area contributed by atoms with Crippen LogP contribution < -0.4 is 14.9 Å². The van der Waals surface area contributed by atoms with Crippen LogP contribution >= 0.6 is 7.82 Å². The molecule has 2 rings (SSSR count). The van der Waals surface area contributed by atoms with Crippen LogP contribution in [-0.4, -0.2) is 89.6 Å². The van der Waals surface area contributed by atoms with Crippen molar-refractivity contribution in [1.82, 2.24) is 5.32 Å². The Morgan fingerprint density at radius 1 is 0.737 bits per heavy atom. The highest BCUT2D eigenvalue weighted by Crippen LogP contribution is 2.38. The van der Waals surface area contributed by atoms with Crippen LogP contribution in [0.2, 0.25) is 0 Å². The zero-order valence-electron chi connectivity index (χ0n) is 35.9. The van der Waals surface area contributed by atoms with Gasteiger partial charge in [0, 0.05) is 19.4 Å². The van der Waals surface area contributed by atoms with E-state index < -0.39 is 38.4 Å². The molecule has 12 nitrogen and oxygen atoms in total. The fourth-order valence-electron chi connectivity index (χ4n) is 6.29. The van der Waals surface area contributed by atoms with Crippen LogP contribution in [0.25, 0.3) is 10.8 Å². The molecule has 0 aliphatic carbocycles. The first-order valence-electron chi connectivity index (χ1n) is 21.3. The Labute approximate surface area is 342 Å². The molecule has 324 valence electrons. The molecular formula is C44H73N2O10P. The molecular weight excluding hydrogens is 747 g/mol. The normalized spacial score (nSPS) is 13.8. The molecule has 1 amide bonds. The number of fused-ring (bicyclic) bond motifs is 1. The highest BCUT2D eigenvalue weighted by Gasteiger charge is 2.22. The van der Waals surface area contributed by atoms with Crippen LogP contribution in [0.1, 0.15) is 141 Å². The molecule has 57 heavy (non-hydrogen) atoms. The van der Waals surface area contributed by atoms with E-state index in [1.165, 1.54) is 70.6 Å². The Morgan fingerprint density at radius 2 is 1.30 bits per heavy atom. The van der Waals surface area contributed by atoms with Gasteiger partial charge in [0.1, 0.15) is 25.5 Å². The molecule has 0 aromatic heterocycles. The molecule has 2 aromatic carbocycles. The minimum Gasteiger partial charge on any atom is -0.756 e. The third kappa shape index (κ3) is 23.9. The number of phosphoric ester groups is 1. The summed E-state index contributed by atoms with van der Waals surface area (Å²) in [5.41, 5.74) is 0.860. The molecule has 0 fully saturated rings. The Bertz CT molecular complexity index is 1500. The molecule has 13 heteroatoms. The van der Waals surface area contributed by atoms with Gasteiger partial charge in [-0.3, -0.25) is 18.9 Å². The number of methoxy groups -OCH3 is 1. The first kappa shape index (κ1) is 50.1. The maximum atomic E-state index is 12.9. The van der Waals surface area contributed by atoms with Gasteiger partial charge in [0.25, 0.3) is 7.82 Å². The molecule has 3 unspecified atom stereocenters. The fraction of sp³-hybridized carbons (Fsp3) is 0.705. The molecule has 0 heterocycles. The van der Waals surface area contributed by atoms with Crippen LogP contribution in [0.4, 0.5) is 0 Å². The van der Waals surface area contributed by atoms with Crippen LogP contribution in [0.3, 0.4) is 0 Å². The maximum Gasteiger partial charge on any atom is 0.306 e. The van der Waals surface area contributed by atoms with Gasteiger partial charge in [0.15, 0.2) is 6.10 Å². The third-order valence-electron chi connectivity index (χ3n) is 9.96. The SMILES string of the molecule is CCCCCCCCCCCCCCCCCC(=O)OCC(COP(=O)([O-])OCC[N+](C)(C)C)OC(=O)CCCNC(=O)C(C)c1ccc2cc(OC)ccc2c1. The molecule has 0 aliphatic rings. The largest absolute Gasteiger partial charge is 0.756 e. The predicted molar refractivity (Wildman–Crippen MR) is 224 cm³/mol. The lowest BCUT2D eigenvalue weighted by molar-refractivity contribution is -0.870. The van der Waals surface area contributed by atoms with E-state index in [1.54, 1.807) is 7.11 Å². The lowest BCUT2D eigenvalue weighted by Crippen LogP contribution is -2.37. The van der Waals surface area contributed by atoms with Gasteiger partial charge in [-0.1, -0.05) is 121 Å². The monoisotopic (exact) mass is 821 g/mol. The van der Waals surface area contributed by atoms with Crippen LogP contribution in [0.5, 0.6) is 5.75 Å². The van der Waals surface area contributed by atoms with Crippen molar-refractivity contribution in [1.29, 1.82) is 0 Å². The van der Waals surface area contributed by atoms with Gasteiger partial charge in [-0.25, -0.2) is 0 Å². The summed E-state index contributed by atoms with van der Waals surface area (Å²) in [5.74, 6) is -0.920. The topological polar surface area (TPSA) is 150 Å². The number of unbranched alkanes of at least 4 members (excludes halogenated alkanes) is 14. The number of ether oxygens (including phenoxy) is 3. The summed E-state index contributed by atoms with van der Waals surface area (Å²) in [4.78, 5) is 50.6. The van der Waals surface area contributed by atoms with Gasteiger partial charge >= 0.3 is 11.9 Å². The van der Waals surface area contributed by atoms with Crippen molar-refractivity contribution in [2.24, 2.45) is 0 Å². The van der Waals surface area contributed by atoms with E-state index in [4.69, 9.17) is 23.3 Å². The van der Waals surface area contributed by atoms with Gasteiger partial charge in [0.2, 0.25) is 5.91 Å². The van der Waals surface area contributed by atoms with Gasteiger partial charge in [-0.15, -0.1) is 0 Å². The number of hydrogen-bond acceptors (Lipinski definition) is 10. The second-order valence-electron chi connectivity index (χ2n) is 16.2. The summed E-state index contributed by atoms with van der Waals surface area (Å²) in [6.07, 6.45) is 17.7. The highest BCUT2D eigenvalue weighted by molar-refractivity contribution is 7.45. The first-order chi connectivity index (χ1) is 27.2. The number of hydrogen-bond donors (Lipinski definition) is 1. The zero-order chi connectivity index (χ0) is 41.9. The average Bonchev–Trinajstić information content (AvgIpc) is 3.17. The lowest BCUT2D eigenvalue weighted by Gasteiger charge is -2.28. The van der Waals surface area contributed by atoms with Crippen molar-refractivity contribution in [3.63, 3.8) is 0 Å². The predicted octanol–water partition coefficient (Wildman–Crippen LogP) is 8.77. The third-order valence-corrected chi connectivity index (χ3v) is 10.9. The summed E-state index contributed by atoms with van der Waals surface area (Å²) in [6, 6.07) is 11.6. The Balaban J connectivity index is 1.73. The van der Waals surface area contributed by atoms with Crippen molar-refractivity contribution in [3.05, 3.63) is 42.0 Å². The molecule has 0 radical (unpaired) electrons. The summed E-state index contributed by atoms with van der Waals surface area (Å²) in [7, 11) is 2.62. The minimum absolute atomic E-state index is 0.0505. The smallest absolute Gasteiger partial charge is 0.306 e. The lowest BCUT2D eigenvalue weighted by atomic mass is 9.97. The van der Waals surface area contributed by atoms with Crippen molar-refractivity contribution >= 4 is 36.4 Å². The number of rotatable bonds is 33. The van der Waals surface area contributed by atoms with E-state index >= 15 is 0 Å². The first-order valence-corrected chi connectivity index (χ1v) is 22.8. The van der Waals surface area contributed by atoms with Gasteiger partial charge < -0.3 is 38.0 Å². The Hall–Kier alpha value is -3.02. The summed E-state index contributed by atoms with van der Waals surface area (Å²) in [6.45, 7) is 3.74. The number of nitrogens with one attached hydrogen (secondary N) is 1. The van der Waals surface area contributed by atoms with Gasteiger partial charge in [0.05, 0.1) is 40.8 Å².